The van der Waals surface area contributed by atoms with Crippen LogP contribution in [0.1, 0.15) is 26.5 Å². The lowest BCUT2D eigenvalue weighted by Gasteiger charge is -2.26. The standard InChI is InChI=1S/C12H21N5O3/c1-6-13-11-14-8(2)9(17(18)19)10(15-11)16-12(3,4)7-20-5/h6-7H2,1-5H3,(H2,13,14,15,16). The van der Waals surface area contributed by atoms with Crippen molar-refractivity contribution in [1.29, 1.82) is 0 Å². The summed E-state index contributed by atoms with van der Waals surface area (Å²) < 4.78 is 5.10. The lowest BCUT2D eigenvalue weighted by molar-refractivity contribution is -0.385. The van der Waals surface area contributed by atoms with Crippen LogP contribution in [-0.2, 0) is 4.74 Å². The van der Waals surface area contributed by atoms with E-state index in [-0.39, 0.29) is 11.5 Å². The van der Waals surface area contributed by atoms with Gasteiger partial charge in [-0.15, -0.1) is 0 Å². The fourth-order valence-corrected chi connectivity index (χ4v) is 1.83. The number of hydrogen-bond donors (Lipinski definition) is 2. The van der Waals surface area contributed by atoms with Crippen molar-refractivity contribution in [3.63, 3.8) is 0 Å². The predicted octanol–water partition coefficient (Wildman–Crippen LogP) is 1.96. The Hall–Kier alpha value is -1.96. The molecule has 0 radical (unpaired) electrons. The minimum absolute atomic E-state index is 0.115. The summed E-state index contributed by atoms with van der Waals surface area (Å²) in [6, 6.07) is 0. The van der Waals surface area contributed by atoms with E-state index in [2.05, 4.69) is 20.6 Å². The summed E-state index contributed by atoms with van der Waals surface area (Å²) in [5.74, 6) is 0.562. The SMILES string of the molecule is CCNc1nc(C)c([N+](=O)[O-])c(NC(C)(C)COC)n1. The first-order valence-electron chi connectivity index (χ1n) is 6.34. The second kappa shape index (κ2) is 6.47. The predicted molar refractivity (Wildman–Crippen MR) is 77.2 cm³/mol. The number of aromatic nitrogens is 2. The molecule has 0 fully saturated rings. The number of rotatable bonds is 7. The Morgan fingerprint density at radius 3 is 2.55 bits per heavy atom. The molecule has 0 unspecified atom stereocenters. The fourth-order valence-electron chi connectivity index (χ4n) is 1.83. The van der Waals surface area contributed by atoms with Crippen molar-refractivity contribution in [3.05, 3.63) is 15.8 Å². The lowest BCUT2D eigenvalue weighted by atomic mass is 10.1. The number of nitro groups is 1. The van der Waals surface area contributed by atoms with E-state index in [1.54, 1.807) is 14.0 Å². The Bertz CT molecular complexity index is 490. The van der Waals surface area contributed by atoms with Gasteiger partial charge in [0.05, 0.1) is 17.1 Å². The van der Waals surface area contributed by atoms with Crippen molar-refractivity contribution in [2.75, 3.05) is 30.9 Å². The topological polar surface area (TPSA) is 102 Å². The van der Waals surface area contributed by atoms with Gasteiger partial charge in [0.2, 0.25) is 11.8 Å². The Labute approximate surface area is 118 Å². The van der Waals surface area contributed by atoms with Crippen LogP contribution in [0.15, 0.2) is 0 Å². The summed E-state index contributed by atoms with van der Waals surface area (Å²) in [5, 5.41) is 17.2. The van der Waals surface area contributed by atoms with Crippen LogP contribution < -0.4 is 10.6 Å². The van der Waals surface area contributed by atoms with Crippen LogP contribution in [0.4, 0.5) is 17.5 Å². The molecule has 0 aliphatic heterocycles. The Morgan fingerprint density at radius 2 is 2.05 bits per heavy atom. The van der Waals surface area contributed by atoms with Crippen molar-refractivity contribution < 1.29 is 9.66 Å². The molecule has 2 N–H and O–H groups in total. The first-order valence-corrected chi connectivity index (χ1v) is 6.34. The van der Waals surface area contributed by atoms with Crippen LogP contribution in [-0.4, -0.2) is 40.7 Å². The van der Waals surface area contributed by atoms with E-state index >= 15 is 0 Å². The van der Waals surface area contributed by atoms with Crippen molar-refractivity contribution in [3.8, 4) is 0 Å². The summed E-state index contributed by atoms with van der Waals surface area (Å²) in [6.07, 6.45) is 0. The van der Waals surface area contributed by atoms with Crippen LogP contribution in [0.2, 0.25) is 0 Å². The number of methoxy groups -OCH3 is 1. The number of hydrogen-bond acceptors (Lipinski definition) is 7. The molecule has 1 aromatic rings. The fraction of sp³-hybridized carbons (Fsp3) is 0.667. The molecule has 112 valence electrons. The quantitative estimate of drug-likeness (QED) is 0.582. The summed E-state index contributed by atoms with van der Waals surface area (Å²) in [4.78, 5) is 19.0. The largest absolute Gasteiger partial charge is 0.382 e. The van der Waals surface area contributed by atoms with E-state index in [1.807, 2.05) is 20.8 Å². The molecular formula is C12H21N5O3. The lowest BCUT2D eigenvalue weighted by Crippen LogP contribution is -2.36. The highest BCUT2D eigenvalue weighted by atomic mass is 16.6. The van der Waals surface area contributed by atoms with Gasteiger partial charge in [0.1, 0.15) is 5.69 Å². The molecule has 0 spiro atoms. The molecule has 1 rings (SSSR count). The first kappa shape index (κ1) is 16.1. The Balaban J connectivity index is 3.22. The van der Waals surface area contributed by atoms with Crippen LogP contribution in [0.5, 0.6) is 0 Å². The maximum Gasteiger partial charge on any atom is 0.332 e. The molecule has 0 saturated heterocycles. The summed E-state index contributed by atoms with van der Waals surface area (Å²) in [7, 11) is 1.58. The van der Waals surface area contributed by atoms with Gasteiger partial charge in [-0.2, -0.15) is 4.98 Å². The molecule has 1 heterocycles. The molecule has 0 bridgehead atoms. The van der Waals surface area contributed by atoms with Gasteiger partial charge < -0.3 is 15.4 Å². The molecule has 0 aliphatic carbocycles. The summed E-state index contributed by atoms with van der Waals surface area (Å²) in [5.41, 5.74) is -0.281. The molecule has 0 aromatic carbocycles. The van der Waals surface area contributed by atoms with Crippen LogP contribution in [0, 0.1) is 17.0 Å². The van der Waals surface area contributed by atoms with Crippen molar-refractivity contribution >= 4 is 17.5 Å². The van der Waals surface area contributed by atoms with Gasteiger partial charge in [0, 0.05) is 13.7 Å². The van der Waals surface area contributed by atoms with Crippen molar-refractivity contribution in [2.45, 2.75) is 33.2 Å². The zero-order chi connectivity index (χ0) is 15.3. The van der Waals surface area contributed by atoms with Crippen molar-refractivity contribution in [1.82, 2.24) is 9.97 Å². The summed E-state index contributed by atoms with van der Waals surface area (Å²) >= 11 is 0. The van der Waals surface area contributed by atoms with E-state index in [9.17, 15) is 10.1 Å². The second-order valence-corrected chi connectivity index (χ2v) is 5.06. The van der Waals surface area contributed by atoms with Gasteiger partial charge in [0.15, 0.2) is 0 Å². The molecule has 20 heavy (non-hydrogen) atoms. The number of nitrogens with zero attached hydrogens (tertiary/aromatic N) is 3. The second-order valence-electron chi connectivity index (χ2n) is 5.06. The minimum atomic E-state index is -0.482. The third-order valence-corrected chi connectivity index (χ3v) is 2.54. The van der Waals surface area contributed by atoms with E-state index in [4.69, 9.17) is 4.74 Å². The van der Waals surface area contributed by atoms with Gasteiger partial charge >= 0.3 is 5.69 Å². The number of aryl methyl sites for hydroxylation is 1. The van der Waals surface area contributed by atoms with Gasteiger partial charge in [-0.05, 0) is 27.7 Å². The van der Waals surface area contributed by atoms with E-state index in [1.165, 1.54) is 0 Å². The van der Waals surface area contributed by atoms with Crippen LogP contribution in [0.25, 0.3) is 0 Å². The molecule has 1 aromatic heterocycles. The monoisotopic (exact) mass is 283 g/mol. The normalized spacial score (nSPS) is 11.2. The highest BCUT2D eigenvalue weighted by Gasteiger charge is 2.27. The third kappa shape index (κ3) is 4.02. The molecule has 0 atom stereocenters. The average molecular weight is 283 g/mol. The maximum atomic E-state index is 11.2. The Morgan fingerprint density at radius 1 is 1.40 bits per heavy atom. The van der Waals surface area contributed by atoms with Gasteiger partial charge in [-0.3, -0.25) is 10.1 Å². The number of anilines is 2. The third-order valence-electron chi connectivity index (χ3n) is 2.54. The molecule has 0 amide bonds. The zero-order valence-corrected chi connectivity index (χ0v) is 12.5. The molecule has 0 aliphatic rings. The molecule has 8 nitrogen and oxygen atoms in total. The number of ether oxygens (including phenoxy) is 1. The van der Waals surface area contributed by atoms with Crippen LogP contribution in [0.3, 0.4) is 0 Å². The Kier molecular flexibility index (Phi) is 5.20. The molecular weight excluding hydrogens is 262 g/mol. The molecule has 8 heteroatoms. The first-order chi connectivity index (χ1) is 9.30. The smallest absolute Gasteiger partial charge is 0.332 e. The van der Waals surface area contributed by atoms with E-state index in [0.717, 1.165) is 0 Å². The zero-order valence-electron chi connectivity index (χ0n) is 12.5. The van der Waals surface area contributed by atoms with Gasteiger partial charge in [-0.1, -0.05) is 0 Å². The van der Waals surface area contributed by atoms with E-state index < -0.39 is 10.5 Å². The highest BCUT2D eigenvalue weighted by Crippen LogP contribution is 2.28. The average Bonchev–Trinajstić information content (AvgIpc) is 2.26. The van der Waals surface area contributed by atoms with Crippen molar-refractivity contribution in [2.24, 2.45) is 0 Å². The minimum Gasteiger partial charge on any atom is -0.382 e. The van der Waals surface area contributed by atoms with Gasteiger partial charge in [-0.25, -0.2) is 4.98 Å². The molecule has 0 saturated carbocycles. The van der Waals surface area contributed by atoms with Crippen LogP contribution >= 0.6 is 0 Å². The summed E-state index contributed by atoms with van der Waals surface area (Å²) in [6.45, 7) is 8.29. The highest BCUT2D eigenvalue weighted by molar-refractivity contribution is 5.61. The maximum absolute atomic E-state index is 11.2. The van der Waals surface area contributed by atoms with Gasteiger partial charge in [0.25, 0.3) is 0 Å². The number of nitrogens with one attached hydrogen (secondary N) is 2. The van der Waals surface area contributed by atoms with E-state index in [0.29, 0.717) is 24.8 Å².